The molecule has 1 fully saturated rings. The highest BCUT2D eigenvalue weighted by atomic mass is 16.7. The molecule has 1 aliphatic rings. The molecule has 0 spiro atoms. The van der Waals surface area contributed by atoms with Crippen molar-refractivity contribution in [1.82, 2.24) is 0 Å². The molecule has 0 aromatic rings. The van der Waals surface area contributed by atoms with Crippen molar-refractivity contribution in [1.29, 1.82) is 0 Å². The smallest absolute Gasteiger partial charge is 0.163 e. The first-order valence-electron chi connectivity index (χ1n) is 3.32. The van der Waals surface area contributed by atoms with Crippen LogP contribution < -0.4 is 0 Å². The summed E-state index contributed by atoms with van der Waals surface area (Å²) in [7, 11) is 1.61. The predicted octanol–water partition coefficient (Wildman–Crippen LogP) is 0.946. The van der Waals surface area contributed by atoms with Crippen LogP contribution in [0.4, 0.5) is 0 Å². The molecule has 0 saturated carbocycles. The van der Waals surface area contributed by atoms with Gasteiger partial charge in [-0.2, -0.15) is 0 Å². The van der Waals surface area contributed by atoms with Crippen LogP contribution in [0.15, 0.2) is 0 Å². The van der Waals surface area contributed by atoms with Crippen LogP contribution >= 0.6 is 0 Å². The van der Waals surface area contributed by atoms with Gasteiger partial charge in [0.15, 0.2) is 5.79 Å². The number of hydrogen-bond donors (Lipinski definition) is 0. The van der Waals surface area contributed by atoms with Gasteiger partial charge in [0.2, 0.25) is 0 Å². The molecule has 0 aromatic carbocycles. The van der Waals surface area contributed by atoms with Crippen molar-refractivity contribution >= 4 is 0 Å². The normalized spacial score (nSPS) is 30.9. The lowest BCUT2D eigenvalue weighted by Crippen LogP contribution is -2.21. The lowest BCUT2D eigenvalue weighted by atomic mass is 10.4. The van der Waals surface area contributed by atoms with Crippen LogP contribution in [0.1, 0.15) is 13.8 Å². The summed E-state index contributed by atoms with van der Waals surface area (Å²) in [5, 5.41) is 0. The molecule has 1 unspecified atom stereocenters. The van der Waals surface area contributed by atoms with E-state index < -0.39 is 5.79 Å². The largest absolute Gasteiger partial charge is 0.376 e. The van der Waals surface area contributed by atoms with Gasteiger partial charge in [0, 0.05) is 7.11 Å². The molecule has 3 nitrogen and oxygen atoms in total. The van der Waals surface area contributed by atoms with Gasteiger partial charge in [-0.25, -0.2) is 0 Å². The van der Waals surface area contributed by atoms with Crippen molar-refractivity contribution in [2.75, 3.05) is 13.7 Å². The molecule has 0 aromatic heterocycles. The molecule has 1 heterocycles. The van der Waals surface area contributed by atoms with Crippen LogP contribution in [0.25, 0.3) is 0 Å². The van der Waals surface area contributed by atoms with E-state index in [0.29, 0.717) is 6.61 Å². The Hall–Kier alpha value is -0.120. The predicted molar refractivity (Wildman–Crippen MR) is 36.2 cm³/mol. The quantitative estimate of drug-likeness (QED) is 0.579. The molecular weight excluding hydrogens is 132 g/mol. The van der Waals surface area contributed by atoms with Crippen LogP contribution in [-0.2, 0) is 14.2 Å². The molecule has 1 atom stereocenters. The van der Waals surface area contributed by atoms with Gasteiger partial charge in [-0.3, -0.25) is 0 Å². The molecule has 0 bridgehead atoms. The first-order valence-corrected chi connectivity index (χ1v) is 3.32. The Morgan fingerprint density at radius 3 is 2.70 bits per heavy atom. The van der Waals surface area contributed by atoms with Gasteiger partial charge < -0.3 is 14.2 Å². The average molecular weight is 145 g/mol. The maximum Gasteiger partial charge on any atom is 0.163 e. The van der Waals surface area contributed by atoms with Gasteiger partial charge in [-0.1, -0.05) is 0 Å². The Balaban J connectivity index is 2.29. The minimum atomic E-state index is -0.445. The van der Waals surface area contributed by atoms with Gasteiger partial charge in [0.05, 0.1) is 6.61 Å². The highest BCUT2D eigenvalue weighted by Crippen LogP contribution is 2.23. The summed E-state index contributed by atoms with van der Waals surface area (Å²) in [5.74, 6) is -0.445. The van der Waals surface area contributed by atoms with Crippen molar-refractivity contribution in [2.45, 2.75) is 25.7 Å². The Kier molecular flexibility index (Phi) is 2.28. The summed E-state index contributed by atoms with van der Waals surface area (Å²) in [5.41, 5.74) is 0. The molecule has 0 amide bonds. The van der Waals surface area contributed by atoms with Crippen LogP contribution in [-0.4, -0.2) is 25.6 Å². The zero-order valence-corrected chi connectivity index (χ0v) is 6.59. The van der Waals surface area contributed by atoms with Crippen molar-refractivity contribution in [2.24, 2.45) is 0 Å². The van der Waals surface area contributed by atoms with E-state index in [9.17, 15) is 0 Å². The molecule has 1 aliphatic heterocycles. The summed E-state index contributed by atoms with van der Waals surface area (Å²) < 4.78 is 15.4. The van der Waals surface area contributed by atoms with Crippen molar-refractivity contribution in [3.8, 4) is 0 Å². The molecule has 0 aliphatic carbocycles. The molecule has 10 heavy (non-hydrogen) atoms. The van der Waals surface area contributed by atoms with Gasteiger partial charge in [0.25, 0.3) is 0 Å². The monoisotopic (exact) mass is 145 g/mol. The third-order valence-electron chi connectivity index (χ3n) is 1.32. The van der Waals surface area contributed by atoms with E-state index in [4.69, 9.17) is 14.2 Å². The van der Waals surface area contributed by atoms with E-state index in [2.05, 4.69) is 0 Å². The zero-order valence-electron chi connectivity index (χ0n) is 6.59. The lowest BCUT2D eigenvalue weighted by molar-refractivity contribution is -0.138. The fraction of sp³-hybridized carbons (Fsp3) is 0.857. The maximum atomic E-state index is 5.39. The number of methoxy groups -OCH3 is 1. The highest BCUT2D eigenvalue weighted by molar-refractivity contribution is 4.76. The highest BCUT2D eigenvalue weighted by Gasteiger charge is 2.32. The van der Waals surface area contributed by atoms with E-state index in [1.165, 1.54) is 0 Å². The molecule has 1 rings (SSSR count). The number of ether oxygens (including phenoxy) is 3. The van der Waals surface area contributed by atoms with Crippen LogP contribution in [0.5, 0.6) is 0 Å². The third-order valence-corrected chi connectivity index (χ3v) is 1.32. The van der Waals surface area contributed by atoms with E-state index >= 15 is 0 Å². The van der Waals surface area contributed by atoms with Gasteiger partial charge in [0.1, 0.15) is 12.7 Å². The van der Waals surface area contributed by atoms with Crippen molar-refractivity contribution in [3.63, 3.8) is 0 Å². The van der Waals surface area contributed by atoms with Crippen molar-refractivity contribution in [3.05, 3.63) is 6.61 Å². The Labute approximate surface area is 61.3 Å². The van der Waals surface area contributed by atoms with Crippen molar-refractivity contribution < 1.29 is 14.2 Å². The Morgan fingerprint density at radius 2 is 2.30 bits per heavy atom. The SMILES string of the molecule is CO[CH]C1COC(C)(C)O1. The first-order chi connectivity index (χ1) is 4.64. The maximum absolute atomic E-state index is 5.39. The second-order valence-electron chi connectivity index (χ2n) is 2.74. The minimum Gasteiger partial charge on any atom is -0.376 e. The van der Waals surface area contributed by atoms with Gasteiger partial charge >= 0.3 is 0 Å². The summed E-state index contributed by atoms with van der Waals surface area (Å²) in [6.45, 7) is 5.99. The second kappa shape index (κ2) is 2.86. The molecular formula is C7H13O3. The number of rotatable bonds is 2. The first kappa shape index (κ1) is 7.98. The number of hydrogen-bond acceptors (Lipinski definition) is 3. The lowest BCUT2D eigenvalue weighted by Gasteiger charge is -2.16. The van der Waals surface area contributed by atoms with E-state index in [0.717, 1.165) is 0 Å². The Morgan fingerprint density at radius 1 is 1.60 bits per heavy atom. The molecule has 0 N–H and O–H groups in total. The molecule has 59 valence electrons. The Bertz CT molecular complexity index is 111. The minimum absolute atomic E-state index is 0.0139. The van der Waals surface area contributed by atoms with E-state index in [1.807, 2.05) is 13.8 Å². The standard InChI is InChI=1S/C7H13O3/c1-7(2)9-5-6(10-7)4-8-3/h4,6H,5H2,1-3H3. The average Bonchev–Trinajstić information content (AvgIpc) is 2.12. The zero-order chi connectivity index (χ0) is 7.61. The molecule has 3 heteroatoms. The summed E-state index contributed by atoms with van der Waals surface area (Å²) in [6.07, 6.45) is -0.0139. The summed E-state index contributed by atoms with van der Waals surface area (Å²) in [4.78, 5) is 0. The molecule has 1 saturated heterocycles. The van der Waals surface area contributed by atoms with E-state index in [1.54, 1.807) is 13.7 Å². The molecule has 1 radical (unpaired) electrons. The van der Waals surface area contributed by atoms with Crippen LogP contribution in [0.3, 0.4) is 0 Å². The van der Waals surface area contributed by atoms with Crippen LogP contribution in [0.2, 0.25) is 0 Å². The van der Waals surface area contributed by atoms with Gasteiger partial charge in [-0.05, 0) is 13.8 Å². The third kappa shape index (κ3) is 1.94. The topological polar surface area (TPSA) is 27.7 Å². The summed E-state index contributed by atoms with van der Waals surface area (Å²) >= 11 is 0. The second-order valence-corrected chi connectivity index (χ2v) is 2.74. The fourth-order valence-corrected chi connectivity index (χ4v) is 0.934. The fourth-order valence-electron chi connectivity index (χ4n) is 0.934. The summed E-state index contributed by atoms with van der Waals surface area (Å²) in [6, 6.07) is 0. The van der Waals surface area contributed by atoms with Gasteiger partial charge in [-0.15, -0.1) is 0 Å². The van der Waals surface area contributed by atoms with Crippen LogP contribution in [0, 0.1) is 6.61 Å². The van der Waals surface area contributed by atoms with E-state index in [-0.39, 0.29) is 6.10 Å².